The summed E-state index contributed by atoms with van der Waals surface area (Å²) < 4.78 is 11.1. The molecular weight excluding hydrogens is 272 g/mol. The molecule has 1 aromatic carbocycles. The van der Waals surface area contributed by atoms with E-state index in [-0.39, 0.29) is 11.7 Å². The first kappa shape index (κ1) is 11.6. The summed E-state index contributed by atoms with van der Waals surface area (Å²) in [5.41, 5.74) is 0.711. The number of hydrogen-bond acceptors (Lipinski definition) is 3. The molecule has 1 aliphatic heterocycles. The number of ketones is 1. The zero-order chi connectivity index (χ0) is 11.5. The van der Waals surface area contributed by atoms with Gasteiger partial charge in [0.25, 0.3) is 0 Å². The van der Waals surface area contributed by atoms with Gasteiger partial charge < -0.3 is 9.47 Å². The molecule has 0 bridgehead atoms. The molecule has 0 saturated carbocycles. The minimum atomic E-state index is 0.0142. The predicted molar refractivity (Wildman–Crippen MR) is 64.0 cm³/mol. The second-order valence-electron chi connectivity index (χ2n) is 3.77. The largest absolute Gasteiger partial charge is 0.496 e. The number of ether oxygens (including phenoxy) is 2. The monoisotopic (exact) mass is 284 g/mol. The van der Waals surface area contributed by atoms with Crippen molar-refractivity contribution in [1.82, 2.24) is 0 Å². The number of hydrogen-bond donors (Lipinski definition) is 0. The van der Waals surface area contributed by atoms with Crippen LogP contribution in [0.2, 0.25) is 0 Å². The van der Waals surface area contributed by atoms with Crippen LogP contribution in [0.1, 0.15) is 16.8 Å². The number of rotatable bonds is 3. The molecule has 0 spiro atoms. The van der Waals surface area contributed by atoms with Crippen molar-refractivity contribution in [3.63, 3.8) is 0 Å². The first-order valence-electron chi connectivity index (χ1n) is 5.18. The highest BCUT2D eigenvalue weighted by atomic mass is 79.9. The number of carbonyl (C=O) groups excluding carboxylic acids is 1. The molecule has 1 heterocycles. The van der Waals surface area contributed by atoms with Crippen LogP contribution in [0.5, 0.6) is 5.75 Å². The van der Waals surface area contributed by atoms with Crippen LogP contribution in [0.4, 0.5) is 0 Å². The number of Topliss-reactive ketones (excluding diaryl/α,β-unsaturated/α-hetero) is 1. The van der Waals surface area contributed by atoms with Crippen LogP contribution < -0.4 is 4.74 Å². The van der Waals surface area contributed by atoms with E-state index in [0.29, 0.717) is 18.8 Å². The number of carbonyl (C=O) groups is 1. The van der Waals surface area contributed by atoms with Gasteiger partial charge in [0.05, 0.1) is 18.2 Å². The van der Waals surface area contributed by atoms with Crippen LogP contribution in [-0.2, 0) is 4.74 Å². The third-order valence-corrected chi connectivity index (χ3v) is 3.36. The van der Waals surface area contributed by atoms with E-state index in [0.717, 1.165) is 16.6 Å². The first-order valence-corrected chi connectivity index (χ1v) is 5.97. The summed E-state index contributed by atoms with van der Waals surface area (Å²) in [5.74, 6) is 0.903. The maximum absolute atomic E-state index is 12.1. The van der Waals surface area contributed by atoms with E-state index < -0.39 is 0 Å². The summed E-state index contributed by atoms with van der Waals surface area (Å²) in [6, 6.07) is 5.40. The molecule has 1 atom stereocenters. The fourth-order valence-electron chi connectivity index (χ4n) is 1.80. The highest BCUT2D eigenvalue weighted by Crippen LogP contribution is 2.27. The molecule has 0 N–H and O–H groups in total. The molecule has 3 nitrogen and oxygen atoms in total. The summed E-state index contributed by atoms with van der Waals surface area (Å²) in [6.07, 6.45) is 0.822. The standard InChI is InChI=1S/C12H13BrO3/c1-15-11-3-2-8(6-10(11)13)12(14)9-4-5-16-7-9/h2-3,6,9H,4-5,7H2,1H3. The van der Waals surface area contributed by atoms with Gasteiger partial charge in [0.15, 0.2) is 5.78 Å². The Morgan fingerprint density at radius 1 is 1.56 bits per heavy atom. The number of methoxy groups -OCH3 is 1. The molecule has 0 amide bonds. The third-order valence-electron chi connectivity index (χ3n) is 2.74. The summed E-state index contributed by atoms with van der Waals surface area (Å²) in [4.78, 5) is 12.1. The van der Waals surface area contributed by atoms with Crippen LogP contribution in [0.15, 0.2) is 22.7 Å². The van der Waals surface area contributed by atoms with E-state index in [4.69, 9.17) is 9.47 Å². The zero-order valence-electron chi connectivity index (χ0n) is 9.03. The van der Waals surface area contributed by atoms with Gasteiger partial charge in [0, 0.05) is 18.1 Å². The van der Waals surface area contributed by atoms with E-state index in [1.54, 1.807) is 25.3 Å². The lowest BCUT2D eigenvalue weighted by atomic mass is 9.97. The molecule has 1 aromatic rings. The fraction of sp³-hybridized carbons (Fsp3) is 0.417. The van der Waals surface area contributed by atoms with E-state index in [1.165, 1.54) is 0 Å². The molecule has 1 fully saturated rings. The van der Waals surface area contributed by atoms with Crippen molar-refractivity contribution in [2.45, 2.75) is 6.42 Å². The highest BCUT2D eigenvalue weighted by molar-refractivity contribution is 9.10. The smallest absolute Gasteiger partial charge is 0.168 e. The molecule has 2 rings (SSSR count). The summed E-state index contributed by atoms with van der Waals surface area (Å²) in [5, 5.41) is 0. The Morgan fingerprint density at radius 2 is 2.38 bits per heavy atom. The molecule has 0 aromatic heterocycles. The topological polar surface area (TPSA) is 35.5 Å². The van der Waals surface area contributed by atoms with Gasteiger partial charge in [0.1, 0.15) is 5.75 Å². The molecule has 1 aliphatic rings. The molecule has 4 heteroatoms. The summed E-state index contributed by atoms with van der Waals surface area (Å²) in [7, 11) is 1.60. The van der Waals surface area contributed by atoms with Crippen molar-refractivity contribution in [2.24, 2.45) is 5.92 Å². The van der Waals surface area contributed by atoms with Crippen molar-refractivity contribution in [2.75, 3.05) is 20.3 Å². The molecule has 1 unspecified atom stereocenters. The lowest BCUT2D eigenvalue weighted by Crippen LogP contribution is -2.14. The Hall–Kier alpha value is -0.870. The van der Waals surface area contributed by atoms with E-state index in [1.807, 2.05) is 0 Å². The molecule has 1 saturated heterocycles. The molecule has 0 aliphatic carbocycles. The highest BCUT2D eigenvalue weighted by Gasteiger charge is 2.24. The van der Waals surface area contributed by atoms with E-state index in [2.05, 4.69) is 15.9 Å². The normalized spacial score (nSPS) is 19.8. The summed E-state index contributed by atoms with van der Waals surface area (Å²) in [6.45, 7) is 1.23. The lowest BCUT2D eigenvalue weighted by molar-refractivity contribution is 0.0900. The van der Waals surface area contributed by atoms with Crippen LogP contribution in [0.25, 0.3) is 0 Å². The third kappa shape index (κ3) is 2.28. The van der Waals surface area contributed by atoms with Gasteiger partial charge in [-0.25, -0.2) is 0 Å². The second-order valence-corrected chi connectivity index (χ2v) is 4.63. The van der Waals surface area contributed by atoms with E-state index in [9.17, 15) is 4.79 Å². The van der Waals surface area contributed by atoms with Gasteiger partial charge in [0.2, 0.25) is 0 Å². The van der Waals surface area contributed by atoms with Crippen molar-refractivity contribution in [3.8, 4) is 5.75 Å². The Kier molecular flexibility index (Phi) is 3.61. The SMILES string of the molecule is COc1ccc(C(=O)C2CCOC2)cc1Br. The average Bonchev–Trinajstić information content (AvgIpc) is 2.81. The van der Waals surface area contributed by atoms with Crippen molar-refractivity contribution in [1.29, 1.82) is 0 Å². The van der Waals surface area contributed by atoms with Crippen molar-refractivity contribution < 1.29 is 14.3 Å². The van der Waals surface area contributed by atoms with Gasteiger partial charge in [-0.15, -0.1) is 0 Å². The van der Waals surface area contributed by atoms with Gasteiger partial charge in [-0.3, -0.25) is 4.79 Å². The first-order chi connectivity index (χ1) is 7.72. The van der Waals surface area contributed by atoms with Crippen molar-refractivity contribution >= 4 is 21.7 Å². The van der Waals surface area contributed by atoms with Gasteiger partial charge in [-0.05, 0) is 40.5 Å². The fourth-order valence-corrected chi connectivity index (χ4v) is 2.34. The van der Waals surface area contributed by atoms with Crippen LogP contribution in [0.3, 0.4) is 0 Å². The molecule has 86 valence electrons. The van der Waals surface area contributed by atoms with Crippen molar-refractivity contribution in [3.05, 3.63) is 28.2 Å². The minimum Gasteiger partial charge on any atom is -0.496 e. The quantitative estimate of drug-likeness (QED) is 0.801. The Bertz CT molecular complexity index is 397. The van der Waals surface area contributed by atoms with Gasteiger partial charge in [-0.2, -0.15) is 0 Å². The Morgan fingerprint density at radius 3 is 2.94 bits per heavy atom. The summed E-state index contributed by atoms with van der Waals surface area (Å²) >= 11 is 3.38. The minimum absolute atomic E-state index is 0.0142. The van der Waals surface area contributed by atoms with Crippen LogP contribution in [0, 0.1) is 5.92 Å². The molecule has 0 radical (unpaired) electrons. The van der Waals surface area contributed by atoms with Crippen LogP contribution in [-0.4, -0.2) is 26.1 Å². The van der Waals surface area contributed by atoms with Gasteiger partial charge >= 0.3 is 0 Å². The second kappa shape index (κ2) is 4.97. The zero-order valence-corrected chi connectivity index (χ0v) is 10.6. The predicted octanol–water partition coefficient (Wildman–Crippen LogP) is 2.68. The number of halogens is 1. The maximum atomic E-state index is 12.1. The maximum Gasteiger partial charge on any atom is 0.168 e. The average molecular weight is 285 g/mol. The lowest BCUT2D eigenvalue weighted by Gasteiger charge is -2.08. The molecule has 16 heavy (non-hydrogen) atoms. The molecular formula is C12H13BrO3. The van der Waals surface area contributed by atoms with Gasteiger partial charge in [-0.1, -0.05) is 0 Å². The van der Waals surface area contributed by atoms with Crippen LogP contribution >= 0.6 is 15.9 Å². The number of benzene rings is 1. The Labute approximate surface area is 103 Å². The Balaban J connectivity index is 2.20. The van der Waals surface area contributed by atoms with E-state index >= 15 is 0 Å².